The summed E-state index contributed by atoms with van der Waals surface area (Å²) < 4.78 is 17.8. The van der Waals surface area contributed by atoms with Gasteiger partial charge in [-0.05, 0) is 24.6 Å². The molecule has 1 aromatic carbocycles. The fourth-order valence-corrected chi connectivity index (χ4v) is 1.18. The molecule has 0 aliphatic carbocycles. The van der Waals surface area contributed by atoms with Crippen molar-refractivity contribution in [3.63, 3.8) is 0 Å². The highest BCUT2D eigenvalue weighted by Crippen LogP contribution is 2.23. The van der Waals surface area contributed by atoms with E-state index in [4.69, 9.17) is 4.74 Å². The third kappa shape index (κ3) is 1.66. The van der Waals surface area contributed by atoms with Gasteiger partial charge in [0.25, 0.3) is 0 Å². The molecular formula is C8H9FOS. The van der Waals surface area contributed by atoms with E-state index in [0.717, 1.165) is 0 Å². The van der Waals surface area contributed by atoms with Crippen molar-refractivity contribution in [2.24, 2.45) is 0 Å². The molecule has 0 saturated heterocycles. The number of hydrogen-bond acceptors (Lipinski definition) is 2. The molecule has 3 heteroatoms. The van der Waals surface area contributed by atoms with E-state index in [0.29, 0.717) is 10.5 Å². The van der Waals surface area contributed by atoms with E-state index < -0.39 is 0 Å². The molecule has 0 aliphatic heterocycles. The third-order valence-electron chi connectivity index (χ3n) is 1.43. The molecule has 1 rings (SSSR count). The van der Waals surface area contributed by atoms with Crippen molar-refractivity contribution < 1.29 is 9.13 Å². The van der Waals surface area contributed by atoms with Gasteiger partial charge in [-0.3, -0.25) is 0 Å². The Bertz CT molecular complexity index is 273. The summed E-state index contributed by atoms with van der Waals surface area (Å²) in [6, 6.07) is 3.20. The largest absolute Gasteiger partial charge is 0.494 e. The average Bonchev–Trinajstić information content (AvgIpc) is 1.96. The van der Waals surface area contributed by atoms with Crippen molar-refractivity contribution in [3.05, 3.63) is 23.5 Å². The molecular weight excluding hydrogens is 163 g/mol. The molecule has 0 bridgehead atoms. The molecule has 0 fully saturated rings. The topological polar surface area (TPSA) is 9.23 Å². The summed E-state index contributed by atoms with van der Waals surface area (Å²) in [5.41, 5.74) is 0.550. The van der Waals surface area contributed by atoms with Crippen molar-refractivity contribution >= 4 is 12.6 Å². The summed E-state index contributed by atoms with van der Waals surface area (Å²) in [6.07, 6.45) is 0. The molecule has 0 spiro atoms. The molecule has 0 radical (unpaired) electrons. The fraction of sp³-hybridized carbons (Fsp3) is 0.250. The van der Waals surface area contributed by atoms with Crippen LogP contribution in [0.5, 0.6) is 5.75 Å². The molecule has 0 heterocycles. The predicted molar refractivity (Wildman–Crippen MR) is 44.9 cm³/mol. The van der Waals surface area contributed by atoms with Crippen molar-refractivity contribution in [1.29, 1.82) is 0 Å². The maximum absolute atomic E-state index is 13.0. The van der Waals surface area contributed by atoms with Crippen LogP contribution in [0.4, 0.5) is 4.39 Å². The highest BCUT2D eigenvalue weighted by atomic mass is 32.1. The van der Waals surface area contributed by atoms with Gasteiger partial charge in [-0.2, -0.15) is 0 Å². The Morgan fingerprint density at radius 2 is 2.09 bits per heavy atom. The van der Waals surface area contributed by atoms with E-state index in [-0.39, 0.29) is 11.6 Å². The van der Waals surface area contributed by atoms with Crippen molar-refractivity contribution in [2.45, 2.75) is 11.8 Å². The van der Waals surface area contributed by atoms with Crippen LogP contribution in [-0.4, -0.2) is 7.11 Å². The van der Waals surface area contributed by atoms with Gasteiger partial charge in [0.15, 0.2) is 11.6 Å². The average molecular weight is 172 g/mol. The number of aryl methyl sites for hydroxylation is 1. The number of rotatable bonds is 1. The second kappa shape index (κ2) is 3.13. The number of thiol groups is 1. The molecule has 60 valence electrons. The minimum Gasteiger partial charge on any atom is -0.494 e. The summed E-state index contributed by atoms with van der Waals surface area (Å²) in [5.74, 6) is -0.0692. The second-order valence-electron chi connectivity index (χ2n) is 2.28. The Hall–Kier alpha value is -0.700. The zero-order valence-electron chi connectivity index (χ0n) is 6.39. The van der Waals surface area contributed by atoms with Gasteiger partial charge >= 0.3 is 0 Å². The van der Waals surface area contributed by atoms with E-state index in [2.05, 4.69) is 12.6 Å². The first-order valence-corrected chi connectivity index (χ1v) is 3.63. The normalized spacial score (nSPS) is 9.82. The summed E-state index contributed by atoms with van der Waals surface area (Å²) in [6.45, 7) is 1.68. The van der Waals surface area contributed by atoms with Crippen LogP contribution in [0.15, 0.2) is 17.0 Å². The van der Waals surface area contributed by atoms with Crippen LogP contribution in [0.25, 0.3) is 0 Å². The molecule has 0 saturated carbocycles. The third-order valence-corrected chi connectivity index (χ3v) is 1.68. The molecule has 11 heavy (non-hydrogen) atoms. The number of methoxy groups -OCH3 is 1. The molecule has 0 aromatic heterocycles. The summed E-state index contributed by atoms with van der Waals surface area (Å²) in [4.78, 5) is 0.709. The standard InChI is InChI=1S/C8H9FOS/c1-5-3-6(11)4-7(10-2)8(5)9/h3-4,11H,1-2H3. The maximum atomic E-state index is 13.0. The molecule has 0 aliphatic rings. The highest BCUT2D eigenvalue weighted by Gasteiger charge is 2.05. The van der Waals surface area contributed by atoms with Gasteiger partial charge in [0, 0.05) is 4.90 Å². The van der Waals surface area contributed by atoms with Gasteiger partial charge in [-0.1, -0.05) is 0 Å². The van der Waals surface area contributed by atoms with Crippen molar-refractivity contribution in [1.82, 2.24) is 0 Å². The number of hydrogen-bond donors (Lipinski definition) is 1. The quantitative estimate of drug-likeness (QED) is 0.640. The summed E-state index contributed by atoms with van der Waals surface area (Å²) in [7, 11) is 1.44. The Labute approximate surface area is 70.6 Å². The lowest BCUT2D eigenvalue weighted by molar-refractivity contribution is 0.384. The summed E-state index contributed by atoms with van der Waals surface area (Å²) in [5, 5.41) is 0. The first-order chi connectivity index (χ1) is 5.15. The highest BCUT2D eigenvalue weighted by molar-refractivity contribution is 7.80. The first-order valence-electron chi connectivity index (χ1n) is 3.18. The van der Waals surface area contributed by atoms with Crippen LogP contribution in [0, 0.1) is 12.7 Å². The van der Waals surface area contributed by atoms with Crippen molar-refractivity contribution in [2.75, 3.05) is 7.11 Å². The van der Waals surface area contributed by atoms with Crippen LogP contribution in [0.3, 0.4) is 0 Å². The van der Waals surface area contributed by atoms with Gasteiger partial charge in [-0.15, -0.1) is 12.6 Å². The van der Waals surface area contributed by atoms with Crippen molar-refractivity contribution in [3.8, 4) is 5.75 Å². The van der Waals surface area contributed by atoms with E-state index in [1.54, 1.807) is 19.1 Å². The molecule has 1 aromatic rings. The SMILES string of the molecule is COc1cc(S)cc(C)c1F. The van der Waals surface area contributed by atoms with E-state index in [1.807, 2.05) is 0 Å². The van der Waals surface area contributed by atoms with E-state index in [9.17, 15) is 4.39 Å². The molecule has 1 nitrogen and oxygen atoms in total. The lowest BCUT2D eigenvalue weighted by Crippen LogP contribution is -1.90. The van der Waals surface area contributed by atoms with E-state index in [1.165, 1.54) is 7.11 Å². The van der Waals surface area contributed by atoms with Crippen LogP contribution >= 0.6 is 12.6 Å². The molecule has 0 amide bonds. The van der Waals surface area contributed by atoms with E-state index >= 15 is 0 Å². The Balaban J connectivity index is 3.24. The Morgan fingerprint density at radius 3 is 2.64 bits per heavy atom. The minimum absolute atomic E-state index is 0.245. The Kier molecular flexibility index (Phi) is 2.39. The lowest BCUT2D eigenvalue weighted by atomic mass is 10.2. The summed E-state index contributed by atoms with van der Waals surface area (Å²) >= 11 is 4.08. The predicted octanol–water partition coefficient (Wildman–Crippen LogP) is 2.43. The number of ether oxygens (including phenoxy) is 1. The number of halogens is 1. The molecule has 0 atom stereocenters. The van der Waals surface area contributed by atoms with Crippen LogP contribution in [-0.2, 0) is 0 Å². The van der Waals surface area contributed by atoms with Crippen LogP contribution in [0.2, 0.25) is 0 Å². The fourth-order valence-electron chi connectivity index (χ4n) is 0.867. The maximum Gasteiger partial charge on any atom is 0.168 e. The number of benzene rings is 1. The smallest absolute Gasteiger partial charge is 0.168 e. The zero-order valence-corrected chi connectivity index (χ0v) is 7.28. The minimum atomic E-state index is -0.315. The Morgan fingerprint density at radius 1 is 1.45 bits per heavy atom. The van der Waals surface area contributed by atoms with Gasteiger partial charge < -0.3 is 4.74 Å². The zero-order chi connectivity index (χ0) is 8.43. The van der Waals surface area contributed by atoms with Gasteiger partial charge in [0.05, 0.1) is 7.11 Å². The van der Waals surface area contributed by atoms with Gasteiger partial charge in [-0.25, -0.2) is 4.39 Å². The molecule has 0 N–H and O–H groups in total. The van der Waals surface area contributed by atoms with Crippen LogP contribution in [0.1, 0.15) is 5.56 Å². The monoisotopic (exact) mass is 172 g/mol. The second-order valence-corrected chi connectivity index (χ2v) is 2.80. The van der Waals surface area contributed by atoms with Crippen LogP contribution < -0.4 is 4.74 Å². The lowest BCUT2D eigenvalue weighted by Gasteiger charge is -2.04. The van der Waals surface area contributed by atoms with Gasteiger partial charge in [0.1, 0.15) is 0 Å². The first kappa shape index (κ1) is 8.40. The van der Waals surface area contributed by atoms with Gasteiger partial charge in [0.2, 0.25) is 0 Å². The molecule has 0 unspecified atom stereocenters.